The van der Waals surface area contributed by atoms with E-state index in [0.29, 0.717) is 31.2 Å². The third-order valence-electron chi connectivity index (χ3n) is 5.42. The summed E-state index contributed by atoms with van der Waals surface area (Å²) in [6.45, 7) is 8.87. The van der Waals surface area contributed by atoms with E-state index in [2.05, 4.69) is 35.1 Å². The number of nitrogens with one attached hydrogen (secondary N) is 1. The fourth-order valence-corrected chi connectivity index (χ4v) is 3.94. The van der Waals surface area contributed by atoms with Crippen molar-refractivity contribution in [1.29, 1.82) is 0 Å². The van der Waals surface area contributed by atoms with Crippen molar-refractivity contribution in [3.05, 3.63) is 58.1 Å². The first kappa shape index (κ1) is 26.7. The van der Waals surface area contributed by atoms with Crippen LogP contribution in [-0.2, 0) is 16.1 Å². The van der Waals surface area contributed by atoms with Gasteiger partial charge in [-0.25, -0.2) is 0 Å². The highest BCUT2D eigenvalue weighted by atomic mass is 79.9. The Labute approximate surface area is 205 Å². The van der Waals surface area contributed by atoms with Crippen LogP contribution in [0.5, 0.6) is 11.5 Å². The average molecular weight is 519 g/mol. The molecule has 1 unspecified atom stereocenters. The van der Waals surface area contributed by atoms with Gasteiger partial charge in [-0.1, -0.05) is 45.9 Å². The van der Waals surface area contributed by atoms with Crippen LogP contribution >= 0.6 is 15.9 Å². The number of amides is 2. The molecule has 33 heavy (non-hydrogen) atoms. The van der Waals surface area contributed by atoms with Gasteiger partial charge < -0.3 is 19.7 Å². The van der Waals surface area contributed by atoms with Crippen molar-refractivity contribution in [2.45, 2.75) is 59.0 Å². The van der Waals surface area contributed by atoms with E-state index >= 15 is 0 Å². The number of hydrogen-bond donors (Lipinski definition) is 1. The highest BCUT2D eigenvalue weighted by molar-refractivity contribution is 9.10. The predicted octanol–water partition coefficient (Wildman–Crippen LogP) is 5.29. The Hall–Kier alpha value is -2.54. The molecule has 180 valence electrons. The van der Waals surface area contributed by atoms with E-state index in [1.54, 1.807) is 12.0 Å². The van der Waals surface area contributed by atoms with Crippen molar-refractivity contribution < 1.29 is 19.1 Å². The van der Waals surface area contributed by atoms with Crippen LogP contribution in [-0.4, -0.2) is 43.0 Å². The van der Waals surface area contributed by atoms with Gasteiger partial charge in [-0.15, -0.1) is 0 Å². The molecule has 0 spiro atoms. The third kappa shape index (κ3) is 7.77. The summed E-state index contributed by atoms with van der Waals surface area (Å²) in [6.07, 6.45) is 1.34. The van der Waals surface area contributed by atoms with Gasteiger partial charge in [0, 0.05) is 13.1 Å². The Kier molecular flexibility index (Phi) is 10.7. The maximum atomic E-state index is 13.3. The first-order valence-corrected chi connectivity index (χ1v) is 12.2. The van der Waals surface area contributed by atoms with Crippen molar-refractivity contribution in [2.75, 3.05) is 20.3 Å². The summed E-state index contributed by atoms with van der Waals surface area (Å²) in [5, 5.41) is 2.92. The van der Waals surface area contributed by atoms with Crippen LogP contribution in [0.25, 0.3) is 0 Å². The Balaban J connectivity index is 2.21. The van der Waals surface area contributed by atoms with Gasteiger partial charge in [-0.2, -0.15) is 0 Å². The van der Waals surface area contributed by atoms with E-state index < -0.39 is 6.04 Å². The second-order valence-electron chi connectivity index (χ2n) is 8.22. The second-order valence-corrected chi connectivity index (χ2v) is 9.07. The molecule has 0 bridgehead atoms. The number of methoxy groups -OCH3 is 1. The zero-order chi connectivity index (χ0) is 24.4. The molecule has 0 aliphatic rings. The number of benzene rings is 2. The van der Waals surface area contributed by atoms with Gasteiger partial charge in [0.25, 0.3) is 5.91 Å². The maximum absolute atomic E-state index is 13.3. The van der Waals surface area contributed by atoms with Gasteiger partial charge in [0.05, 0.1) is 11.6 Å². The Morgan fingerprint density at radius 3 is 2.33 bits per heavy atom. The van der Waals surface area contributed by atoms with Crippen molar-refractivity contribution in [1.82, 2.24) is 10.2 Å². The van der Waals surface area contributed by atoms with Crippen LogP contribution in [0.2, 0.25) is 0 Å². The minimum Gasteiger partial charge on any atom is -0.497 e. The molecule has 2 rings (SSSR count). The molecular formula is C26H35BrN2O4. The van der Waals surface area contributed by atoms with Gasteiger partial charge in [0.15, 0.2) is 6.61 Å². The first-order valence-electron chi connectivity index (χ1n) is 11.4. The standard InChI is InChI=1S/C26H35BrN2O4/c1-6-14-28-26(31)23(7-2)29(16-19-8-11-21(32-5)12-9-19)25(30)17-33-24-13-10-20(18(3)4)15-22(24)27/h8-13,15,18,23H,6-7,14,16-17H2,1-5H3,(H,28,31). The Bertz CT molecular complexity index is 915. The van der Waals surface area contributed by atoms with E-state index in [1.165, 1.54) is 5.56 Å². The van der Waals surface area contributed by atoms with Gasteiger partial charge in [0.1, 0.15) is 17.5 Å². The number of nitrogens with zero attached hydrogens (tertiary/aromatic N) is 1. The normalized spacial score (nSPS) is 11.7. The molecule has 6 nitrogen and oxygen atoms in total. The zero-order valence-corrected chi connectivity index (χ0v) is 21.8. The number of carbonyl (C=O) groups is 2. The second kappa shape index (κ2) is 13.2. The molecular weight excluding hydrogens is 484 g/mol. The van der Waals surface area contributed by atoms with Crippen LogP contribution in [0, 0.1) is 0 Å². The lowest BCUT2D eigenvalue weighted by atomic mass is 10.0. The molecule has 2 aromatic carbocycles. The SMILES string of the molecule is CCCNC(=O)C(CC)N(Cc1ccc(OC)cc1)C(=O)COc1ccc(C(C)C)cc1Br. The smallest absolute Gasteiger partial charge is 0.261 e. The van der Waals surface area contributed by atoms with Gasteiger partial charge >= 0.3 is 0 Å². The summed E-state index contributed by atoms with van der Waals surface area (Å²) < 4.78 is 11.9. The van der Waals surface area contributed by atoms with Crippen LogP contribution in [0.15, 0.2) is 46.9 Å². The van der Waals surface area contributed by atoms with Crippen molar-refractivity contribution in [2.24, 2.45) is 0 Å². The molecule has 2 aromatic rings. The summed E-state index contributed by atoms with van der Waals surface area (Å²) in [6, 6.07) is 12.8. The number of rotatable bonds is 12. The van der Waals surface area contributed by atoms with Crippen molar-refractivity contribution >= 4 is 27.7 Å². The van der Waals surface area contributed by atoms with Gasteiger partial charge in [-0.05, 0) is 70.1 Å². The largest absolute Gasteiger partial charge is 0.497 e. The molecule has 0 saturated carbocycles. The van der Waals surface area contributed by atoms with Crippen molar-refractivity contribution in [3.63, 3.8) is 0 Å². The fraction of sp³-hybridized carbons (Fsp3) is 0.462. The highest BCUT2D eigenvalue weighted by Gasteiger charge is 2.29. The van der Waals surface area contributed by atoms with Crippen molar-refractivity contribution in [3.8, 4) is 11.5 Å². The molecule has 1 atom stereocenters. The molecule has 0 aliphatic heterocycles. The first-order chi connectivity index (χ1) is 15.8. The molecule has 0 saturated heterocycles. The summed E-state index contributed by atoms with van der Waals surface area (Å²) >= 11 is 3.54. The lowest BCUT2D eigenvalue weighted by Crippen LogP contribution is -2.50. The summed E-state index contributed by atoms with van der Waals surface area (Å²) in [5.74, 6) is 1.33. The fourth-order valence-electron chi connectivity index (χ4n) is 3.43. The predicted molar refractivity (Wildman–Crippen MR) is 135 cm³/mol. The van der Waals surface area contributed by atoms with Crippen LogP contribution in [0.4, 0.5) is 0 Å². The lowest BCUT2D eigenvalue weighted by molar-refractivity contribution is -0.143. The third-order valence-corrected chi connectivity index (χ3v) is 6.04. The molecule has 1 N–H and O–H groups in total. The Morgan fingerprint density at radius 1 is 1.09 bits per heavy atom. The average Bonchev–Trinajstić information content (AvgIpc) is 2.81. The monoisotopic (exact) mass is 518 g/mol. The summed E-state index contributed by atoms with van der Waals surface area (Å²) in [5.41, 5.74) is 2.09. The van der Waals surface area contributed by atoms with E-state index in [4.69, 9.17) is 9.47 Å². The van der Waals surface area contributed by atoms with Crippen LogP contribution < -0.4 is 14.8 Å². The summed E-state index contributed by atoms with van der Waals surface area (Å²) in [4.78, 5) is 27.7. The Morgan fingerprint density at radius 2 is 1.79 bits per heavy atom. The molecule has 0 aliphatic carbocycles. The van der Waals surface area contributed by atoms with Gasteiger partial charge in [-0.3, -0.25) is 9.59 Å². The quantitative estimate of drug-likeness (QED) is 0.414. The maximum Gasteiger partial charge on any atom is 0.261 e. The van der Waals surface area contributed by atoms with Crippen LogP contribution in [0.3, 0.4) is 0 Å². The molecule has 0 fully saturated rings. The van der Waals surface area contributed by atoms with Crippen LogP contribution in [0.1, 0.15) is 57.6 Å². The van der Waals surface area contributed by atoms with Gasteiger partial charge in [0.2, 0.25) is 5.91 Å². The minimum absolute atomic E-state index is 0.149. The number of ether oxygens (including phenoxy) is 2. The van der Waals surface area contributed by atoms with E-state index in [0.717, 1.165) is 22.2 Å². The summed E-state index contributed by atoms with van der Waals surface area (Å²) in [7, 11) is 1.61. The number of carbonyl (C=O) groups excluding carboxylic acids is 2. The molecule has 7 heteroatoms. The zero-order valence-electron chi connectivity index (χ0n) is 20.2. The number of hydrogen-bond acceptors (Lipinski definition) is 4. The van der Waals surface area contributed by atoms with E-state index in [9.17, 15) is 9.59 Å². The molecule has 0 aromatic heterocycles. The topological polar surface area (TPSA) is 67.9 Å². The molecule has 0 heterocycles. The lowest BCUT2D eigenvalue weighted by Gasteiger charge is -2.30. The number of halogens is 1. The minimum atomic E-state index is -0.582. The highest BCUT2D eigenvalue weighted by Crippen LogP contribution is 2.29. The van der Waals surface area contributed by atoms with E-state index in [-0.39, 0.29) is 18.4 Å². The molecule has 0 radical (unpaired) electrons. The van der Waals surface area contributed by atoms with E-state index in [1.807, 2.05) is 56.3 Å². The molecule has 2 amide bonds.